The van der Waals surface area contributed by atoms with Gasteiger partial charge in [0.2, 0.25) is 0 Å². The number of ether oxygens (including phenoxy) is 1. The molecule has 1 saturated carbocycles. The van der Waals surface area contributed by atoms with Gasteiger partial charge in [0.25, 0.3) is 5.91 Å². The maximum atomic E-state index is 12.8. The highest BCUT2D eigenvalue weighted by Crippen LogP contribution is 2.26. The van der Waals surface area contributed by atoms with Crippen LogP contribution in [0.25, 0.3) is 0 Å². The molecule has 1 aromatic heterocycles. The minimum absolute atomic E-state index is 0.0718. The summed E-state index contributed by atoms with van der Waals surface area (Å²) in [5.74, 6) is 0.552. The molecule has 29 heavy (non-hydrogen) atoms. The summed E-state index contributed by atoms with van der Waals surface area (Å²) in [5, 5.41) is 6.71. The van der Waals surface area contributed by atoms with Gasteiger partial charge in [0, 0.05) is 38.5 Å². The van der Waals surface area contributed by atoms with E-state index in [1.165, 1.54) is 32.1 Å². The van der Waals surface area contributed by atoms with Crippen LogP contribution in [0.5, 0.6) is 0 Å². The number of methoxy groups -OCH3 is 1. The molecule has 0 aromatic carbocycles. The highest BCUT2D eigenvalue weighted by Gasteiger charge is 2.33. The first-order chi connectivity index (χ1) is 14.0. The third-order valence-corrected chi connectivity index (χ3v) is 6.22. The Morgan fingerprint density at radius 2 is 2.10 bits per heavy atom. The van der Waals surface area contributed by atoms with Gasteiger partial charge in [0.05, 0.1) is 17.8 Å². The van der Waals surface area contributed by atoms with E-state index >= 15 is 0 Å². The molecule has 0 spiro atoms. The molecule has 1 aliphatic carbocycles. The Morgan fingerprint density at radius 3 is 2.79 bits per heavy atom. The average Bonchev–Trinajstić information content (AvgIpc) is 2.74. The van der Waals surface area contributed by atoms with Crippen LogP contribution in [0.2, 0.25) is 0 Å². The molecular weight excluding hydrogens is 366 g/mol. The summed E-state index contributed by atoms with van der Waals surface area (Å²) in [6.07, 6.45) is 9.71. The van der Waals surface area contributed by atoms with Gasteiger partial charge in [0.15, 0.2) is 0 Å². The standard InChI is InChI=1S/C22H37N5O2/c1-4-20(23)26-22(28)17-12-15(2)13-24-21(17)27-11-10-18(19(14-27)29-3)25-16-8-6-5-7-9-16/h12-13,16,18-20,25H,4-11,14,23H2,1-3H3,(H,26,28). The Labute approximate surface area is 174 Å². The van der Waals surface area contributed by atoms with E-state index in [1.807, 2.05) is 26.1 Å². The van der Waals surface area contributed by atoms with E-state index < -0.39 is 0 Å². The van der Waals surface area contributed by atoms with Crippen LogP contribution in [-0.2, 0) is 4.74 Å². The van der Waals surface area contributed by atoms with Crippen LogP contribution in [0, 0.1) is 6.92 Å². The third-order valence-electron chi connectivity index (χ3n) is 6.22. The fraction of sp³-hybridized carbons (Fsp3) is 0.727. The van der Waals surface area contributed by atoms with Crippen molar-refractivity contribution in [1.29, 1.82) is 0 Å². The van der Waals surface area contributed by atoms with Crippen molar-refractivity contribution in [2.45, 2.75) is 83.1 Å². The lowest BCUT2D eigenvalue weighted by Gasteiger charge is -2.41. The van der Waals surface area contributed by atoms with E-state index in [9.17, 15) is 4.79 Å². The van der Waals surface area contributed by atoms with E-state index in [2.05, 4.69) is 20.5 Å². The molecule has 162 valence electrons. The van der Waals surface area contributed by atoms with Crippen molar-refractivity contribution in [3.05, 3.63) is 23.4 Å². The van der Waals surface area contributed by atoms with Crippen molar-refractivity contribution in [2.75, 3.05) is 25.1 Å². The molecule has 1 saturated heterocycles. The molecule has 3 atom stereocenters. The molecule has 3 rings (SSSR count). The van der Waals surface area contributed by atoms with E-state index in [1.54, 1.807) is 7.11 Å². The number of hydrogen-bond donors (Lipinski definition) is 3. The second-order valence-electron chi connectivity index (χ2n) is 8.49. The van der Waals surface area contributed by atoms with Gasteiger partial charge < -0.3 is 26.0 Å². The number of piperidine rings is 1. The van der Waals surface area contributed by atoms with Crippen LogP contribution in [0.15, 0.2) is 12.3 Å². The summed E-state index contributed by atoms with van der Waals surface area (Å²) < 4.78 is 5.85. The largest absolute Gasteiger partial charge is 0.378 e. The second kappa shape index (κ2) is 10.4. The fourth-order valence-corrected chi connectivity index (χ4v) is 4.44. The normalized spacial score (nSPS) is 24.3. The van der Waals surface area contributed by atoms with Gasteiger partial charge >= 0.3 is 0 Å². The Kier molecular flexibility index (Phi) is 7.86. The lowest BCUT2D eigenvalue weighted by Crippen LogP contribution is -2.56. The van der Waals surface area contributed by atoms with Crippen LogP contribution in [0.3, 0.4) is 0 Å². The summed E-state index contributed by atoms with van der Waals surface area (Å²) in [4.78, 5) is 19.6. The molecular formula is C22H37N5O2. The van der Waals surface area contributed by atoms with E-state index in [0.29, 0.717) is 24.1 Å². The minimum atomic E-state index is -0.354. The molecule has 2 heterocycles. The number of carbonyl (C=O) groups excluding carboxylic acids is 1. The van der Waals surface area contributed by atoms with Gasteiger partial charge in [-0.1, -0.05) is 26.2 Å². The smallest absolute Gasteiger partial charge is 0.256 e. The Balaban J connectivity index is 1.71. The highest BCUT2D eigenvalue weighted by atomic mass is 16.5. The van der Waals surface area contributed by atoms with Gasteiger partial charge in [-0.2, -0.15) is 0 Å². The molecule has 1 aromatic rings. The zero-order valence-corrected chi connectivity index (χ0v) is 18.1. The maximum Gasteiger partial charge on any atom is 0.256 e. The number of nitrogens with two attached hydrogens (primary N) is 1. The number of nitrogens with zero attached hydrogens (tertiary/aromatic N) is 2. The first kappa shape index (κ1) is 22.0. The fourth-order valence-electron chi connectivity index (χ4n) is 4.44. The van der Waals surface area contributed by atoms with Gasteiger partial charge in [-0.15, -0.1) is 0 Å². The van der Waals surface area contributed by atoms with Crippen molar-refractivity contribution >= 4 is 11.7 Å². The summed E-state index contributed by atoms with van der Waals surface area (Å²) >= 11 is 0. The van der Waals surface area contributed by atoms with Gasteiger partial charge in [-0.05, 0) is 44.2 Å². The molecule has 7 heteroatoms. The van der Waals surface area contributed by atoms with E-state index in [4.69, 9.17) is 10.5 Å². The quantitative estimate of drug-likeness (QED) is 0.605. The molecule has 0 bridgehead atoms. The first-order valence-corrected chi connectivity index (χ1v) is 11.1. The predicted octanol–water partition coefficient (Wildman–Crippen LogP) is 2.33. The lowest BCUT2D eigenvalue weighted by atomic mass is 9.92. The summed E-state index contributed by atoms with van der Waals surface area (Å²) in [5.41, 5.74) is 7.48. The van der Waals surface area contributed by atoms with Crippen molar-refractivity contribution < 1.29 is 9.53 Å². The van der Waals surface area contributed by atoms with Gasteiger partial charge in [-0.3, -0.25) is 4.79 Å². The van der Waals surface area contributed by atoms with Crippen molar-refractivity contribution in [2.24, 2.45) is 5.73 Å². The molecule has 1 amide bonds. The van der Waals surface area contributed by atoms with Crippen molar-refractivity contribution in [1.82, 2.24) is 15.6 Å². The molecule has 1 aliphatic heterocycles. The number of hydrogen-bond acceptors (Lipinski definition) is 6. The predicted molar refractivity (Wildman–Crippen MR) is 116 cm³/mol. The summed E-state index contributed by atoms with van der Waals surface area (Å²) in [7, 11) is 1.78. The van der Waals surface area contributed by atoms with Crippen molar-refractivity contribution in [3.63, 3.8) is 0 Å². The van der Waals surface area contributed by atoms with Gasteiger partial charge in [0.1, 0.15) is 5.82 Å². The molecule has 7 nitrogen and oxygen atoms in total. The Morgan fingerprint density at radius 1 is 1.34 bits per heavy atom. The molecule has 4 N–H and O–H groups in total. The molecule has 2 aliphatic rings. The average molecular weight is 404 g/mol. The number of anilines is 1. The molecule has 2 fully saturated rings. The van der Waals surface area contributed by atoms with Crippen LogP contribution < -0.4 is 21.3 Å². The molecule has 3 unspecified atom stereocenters. The first-order valence-electron chi connectivity index (χ1n) is 11.1. The number of pyridine rings is 1. The zero-order valence-electron chi connectivity index (χ0n) is 18.1. The van der Waals surface area contributed by atoms with Crippen LogP contribution in [0.1, 0.15) is 67.8 Å². The number of nitrogens with one attached hydrogen (secondary N) is 2. The van der Waals surface area contributed by atoms with E-state index in [-0.39, 0.29) is 18.2 Å². The number of amides is 1. The number of aromatic nitrogens is 1. The van der Waals surface area contributed by atoms with Crippen LogP contribution in [0.4, 0.5) is 5.82 Å². The molecule has 0 radical (unpaired) electrons. The summed E-state index contributed by atoms with van der Waals surface area (Å²) in [6.45, 7) is 5.47. The Hall–Kier alpha value is -1.70. The summed E-state index contributed by atoms with van der Waals surface area (Å²) in [6, 6.07) is 2.84. The zero-order chi connectivity index (χ0) is 20.8. The third kappa shape index (κ3) is 5.68. The monoisotopic (exact) mass is 403 g/mol. The van der Waals surface area contributed by atoms with E-state index in [0.717, 1.165) is 30.9 Å². The number of aryl methyl sites for hydroxylation is 1. The van der Waals surface area contributed by atoms with Crippen LogP contribution in [-0.4, -0.2) is 55.4 Å². The topological polar surface area (TPSA) is 92.5 Å². The lowest BCUT2D eigenvalue weighted by molar-refractivity contribution is 0.0533. The minimum Gasteiger partial charge on any atom is -0.378 e. The number of carbonyl (C=O) groups is 1. The second-order valence-corrected chi connectivity index (χ2v) is 8.49. The van der Waals surface area contributed by atoms with Crippen LogP contribution >= 0.6 is 0 Å². The number of rotatable bonds is 7. The van der Waals surface area contributed by atoms with Gasteiger partial charge in [-0.25, -0.2) is 4.98 Å². The highest BCUT2D eigenvalue weighted by molar-refractivity contribution is 5.99. The Bertz CT molecular complexity index is 677. The van der Waals surface area contributed by atoms with Crippen molar-refractivity contribution in [3.8, 4) is 0 Å². The maximum absolute atomic E-state index is 12.8. The SMILES string of the molecule is CCC(N)NC(=O)c1cc(C)cnc1N1CCC(NC2CCCCC2)C(OC)C1.